The van der Waals surface area contributed by atoms with E-state index in [2.05, 4.69) is 21.2 Å². The van der Waals surface area contributed by atoms with Crippen LogP contribution < -0.4 is 5.32 Å². The van der Waals surface area contributed by atoms with E-state index < -0.39 is 0 Å². The smallest absolute Gasteiger partial charge is 0.238 e. The molecular formula is C11H13BrClNO. The number of nitrogens with one attached hydrogen (secondary N) is 1. The van der Waals surface area contributed by atoms with Crippen molar-refractivity contribution >= 4 is 39.1 Å². The number of carbonyl (C=O) groups excluding carboxylic acids is 1. The highest BCUT2D eigenvalue weighted by Gasteiger charge is 2.18. The van der Waals surface area contributed by atoms with Crippen molar-refractivity contribution < 1.29 is 4.79 Å². The summed E-state index contributed by atoms with van der Waals surface area (Å²) in [4.78, 5) is 11.5. The lowest BCUT2D eigenvalue weighted by molar-refractivity contribution is -0.116. The van der Waals surface area contributed by atoms with Gasteiger partial charge in [-0.25, -0.2) is 0 Å². The van der Waals surface area contributed by atoms with E-state index in [1.165, 1.54) is 0 Å². The van der Waals surface area contributed by atoms with Crippen LogP contribution in [0.3, 0.4) is 0 Å². The number of rotatable bonds is 3. The molecule has 0 saturated carbocycles. The van der Waals surface area contributed by atoms with Crippen LogP contribution in [0.15, 0.2) is 24.3 Å². The first kappa shape index (κ1) is 12.5. The normalized spacial score (nSPS) is 12.6. The van der Waals surface area contributed by atoms with E-state index in [0.717, 1.165) is 5.69 Å². The molecule has 0 spiro atoms. The van der Waals surface area contributed by atoms with Gasteiger partial charge in [-0.3, -0.25) is 4.79 Å². The average molecular weight is 291 g/mol. The van der Waals surface area contributed by atoms with Crippen molar-refractivity contribution in [2.45, 2.75) is 18.7 Å². The minimum Gasteiger partial charge on any atom is -0.325 e. The SMILES string of the molecule is CC(C)C(Br)C(=O)Nc1cccc(Cl)c1. The van der Waals surface area contributed by atoms with E-state index in [1.807, 2.05) is 19.9 Å². The van der Waals surface area contributed by atoms with Gasteiger partial charge in [0.25, 0.3) is 0 Å². The van der Waals surface area contributed by atoms with Crippen LogP contribution in [0.25, 0.3) is 0 Å². The lowest BCUT2D eigenvalue weighted by Gasteiger charge is -2.13. The Balaban J connectivity index is 2.66. The number of amides is 1. The van der Waals surface area contributed by atoms with E-state index >= 15 is 0 Å². The van der Waals surface area contributed by atoms with Crippen molar-refractivity contribution in [2.75, 3.05) is 5.32 Å². The highest BCUT2D eigenvalue weighted by atomic mass is 79.9. The van der Waals surface area contributed by atoms with Gasteiger partial charge in [0, 0.05) is 10.7 Å². The minimum absolute atomic E-state index is 0.0488. The Morgan fingerprint density at radius 2 is 2.13 bits per heavy atom. The van der Waals surface area contributed by atoms with Gasteiger partial charge in [0.05, 0.1) is 4.83 Å². The molecule has 1 rings (SSSR count). The Morgan fingerprint density at radius 3 is 2.67 bits per heavy atom. The Hall–Kier alpha value is -0.540. The fourth-order valence-electron chi connectivity index (χ4n) is 1.08. The number of benzene rings is 1. The zero-order valence-electron chi connectivity index (χ0n) is 8.63. The molecule has 1 atom stereocenters. The van der Waals surface area contributed by atoms with Crippen LogP contribution in [-0.4, -0.2) is 10.7 Å². The number of anilines is 1. The summed E-state index contributed by atoms with van der Waals surface area (Å²) in [5.74, 6) is 0.205. The summed E-state index contributed by atoms with van der Waals surface area (Å²) < 4.78 is 0. The first-order valence-corrected chi connectivity index (χ1v) is 6.00. The number of hydrogen-bond donors (Lipinski definition) is 1. The second kappa shape index (κ2) is 5.52. The van der Waals surface area contributed by atoms with Crippen LogP contribution in [0.5, 0.6) is 0 Å². The summed E-state index contributed by atoms with van der Waals surface area (Å²) in [6.07, 6.45) is 0. The summed E-state index contributed by atoms with van der Waals surface area (Å²) in [5, 5.41) is 3.41. The van der Waals surface area contributed by atoms with Crippen LogP contribution in [0, 0.1) is 5.92 Å². The fraction of sp³-hybridized carbons (Fsp3) is 0.364. The number of alkyl halides is 1. The van der Waals surface area contributed by atoms with Crippen molar-refractivity contribution in [1.82, 2.24) is 0 Å². The molecule has 0 aliphatic heterocycles. The van der Waals surface area contributed by atoms with Crippen molar-refractivity contribution in [3.63, 3.8) is 0 Å². The second-order valence-corrected chi connectivity index (χ2v) is 5.07. The molecule has 0 saturated heterocycles. The van der Waals surface area contributed by atoms with Gasteiger partial charge in [-0.15, -0.1) is 0 Å². The van der Waals surface area contributed by atoms with Gasteiger partial charge in [-0.2, -0.15) is 0 Å². The zero-order chi connectivity index (χ0) is 11.4. The maximum absolute atomic E-state index is 11.7. The molecule has 0 aliphatic rings. The lowest BCUT2D eigenvalue weighted by atomic mass is 10.1. The van der Waals surface area contributed by atoms with Gasteiger partial charge < -0.3 is 5.32 Å². The van der Waals surface area contributed by atoms with Crippen LogP contribution in [0.1, 0.15) is 13.8 Å². The third kappa shape index (κ3) is 3.84. The molecule has 0 radical (unpaired) electrons. The summed E-state index contributed by atoms with van der Waals surface area (Å²) in [5.41, 5.74) is 0.720. The van der Waals surface area contributed by atoms with Crippen LogP contribution in [-0.2, 0) is 4.79 Å². The van der Waals surface area contributed by atoms with E-state index in [1.54, 1.807) is 18.2 Å². The quantitative estimate of drug-likeness (QED) is 0.845. The summed E-state index contributed by atoms with van der Waals surface area (Å²) in [6, 6.07) is 7.10. The first-order valence-electron chi connectivity index (χ1n) is 4.71. The summed E-state index contributed by atoms with van der Waals surface area (Å²) in [6.45, 7) is 3.97. The molecule has 1 unspecified atom stereocenters. The summed E-state index contributed by atoms with van der Waals surface area (Å²) in [7, 11) is 0. The van der Waals surface area contributed by atoms with E-state index in [0.29, 0.717) is 5.02 Å². The van der Waals surface area contributed by atoms with Crippen LogP contribution in [0.4, 0.5) is 5.69 Å². The van der Waals surface area contributed by atoms with Crippen molar-refractivity contribution in [3.8, 4) is 0 Å². The Bertz CT molecular complexity index is 354. The largest absolute Gasteiger partial charge is 0.325 e. The van der Waals surface area contributed by atoms with Crippen LogP contribution in [0.2, 0.25) is 5.02 Å². The third-order valence-electron chi connectivity index (χ3n) is 1.93. The Morgan fingerprint density at radius 1 is 1.47 bits per heavy atom. The molecule has 15 heavy (non-hydrogen) atoms. The Labute approximate surface area is 103 Å². The number of carbonyl (C=O) groups is 1. The monoisotopic (exact) mass is 289 g/mol. The molecule has 1 amide bonds. The standard InChI is InChI=1S/C11H13BrClNO/c1-7(2)10(12)11(15)14-9-5-3-4-8(13)6-9/h3-7,10H,1-2H3,(H,14,15). The highest BCUT2D eigenvalue weighted by Crippen LogP contribution is 2.18. The minimum atomic E-state index is -0.184. The molecule has 1 N–H and O–H groups in total. The third-order valence-corrected chi connectivity index (χ3v) is 3.64. The van der Waals surface area contributed by atoms with Gasteiger partial charge in [0.15, 0.2) is 0 Å². The van der Waals surface area contributed by atoms with E-state index in [4.69, 9.17) is 11.6 Å². The molecule has 82 valence electrons. The molecule has 0 heterocycles. The van der Waals surface area contributed by atoms with Crippen molar-refractivity contribution in [2.24, 2.45) is 5.92 Å². The second-order valence-electron chi connectivity index (χ2n) is 3.65. The molecule has 0 aromatic heterocycles. The van der Waals surface area contributed by atoms with Crippen molar-refractivity contribution in [1.29, 1.82) is 0 Å². The lowest BCUT2D eigenvalue weighted by Crippen LogP contribution is -2.26. The van der Waals surface area contributed by atoms with Crippen LogP contribution >= 0.6 is 27.5 Å². The molecule has 2 nitrogen and oxygen atoms in total. The maximum atomic E-state index is 11.7. The first-order chi connectivity index (χ1) is 7.00. The molecular weight excluding hydrogens is 277 g/mol. The molecule has 1 aromatic rings. The molecule has 4 heteroatoms. The Kier molecular flexibility index (Phi) is 4.61. The highest BCUT2D eigenvalue weighted by molar-refractivity contribution is 9.10. The molecule has 0 aliphatic carbocycles. The molecule has 0 bridgehead atoms. The van der Waals surface area contributed by atoms with Gasteiger partial charge in [0.1, 0.15) is 0 Å². The topological polar surface area (TPSA) is 29.1 Å². The van der Waals surface area contributed by atoms with E-state index in [-0.39, 0.29) is 16.7 Å². The zero-order valence-corrected chi connectivity index (χ0v) is 11.0. The average Bonchev–Trinajstić information content (AvgIpc) is 2.16. The predicted molar refractivity (Wildman–Crippen MR) is 67.6 cm³/mol. The number of halogens is 2. The van der Waals surface area contributed by atoms with Gasteiger partial charge in [0.2, 0.25) is 5.91 Å². The summed E-state index contributed by atoms with van der Waals surface area (Å²) >= 11 is 9.15. The van der Waals surface area contributed by atoms with Crippen molar-refractivity contribution in [3.05, 3.63) is 29.3 Å². The van der Waals surface area contributed by atoms with Gasteiger partial charge >= 0.3 is 0 Å². The van der Waals surface area contributed by atoms with E-state index in [9.17, 15) is 4.79 Å². The van der Waals surface area contributed by atoms with Gasteiger partial charge in [-0.1, -0.05) is 47.4 Å². The molecule has 0 fully saturated rings. The van der Waals surface area contributed by atoms with Gasteiger partial charge in [-0.05, 0) is 24.1 Å². The fourth-order valence-corrected chi connectivity index (χ4v) is 1.38. The molecule has 1 aromatic carbocycles. The maximum Gasteiger partial charge on any atom is 0.238 e. The predicted octanol–water partition coefficient (Wildman–Crippen LogP) is 3.70. The number of hydrogen-bond acceptors (Lipinski definition) is 1.